The van der Waals surface area contributed by atoms with Crippen molar-refractivity contribution < 1.29 is 85.3 Å². The smallest absolute Gasteiger partial charge is 0.343 e. The molecule has 0 N–H and O–H groups in total. The minimum atomic E-state index is -4.04. The summed E-state index contributed by atoms with van der Waals surface area (Å²) in [6, 6.07) is 81.2. The summed E-state index contributed by atoms with van der Waals surface area (Å²) in [5.74, 6) is -5.83. The van der Waals surface area contributed by atoms with E-state index < -0.39 is 73.8 Å². The summed E-state index contributed by atoms with van der Waals surface area (Å²) in [5, 5.41) is 1.81. The molecule has 0 aliphatic carbocycles. The van der Waals surface area contributed by atoms with E-state index in [0.29, 0.717) is 81.9 Å². The van der Waals surface area contributed by atoms with Crippen LogP contribution in [0.1, 0.15) is 143 Å². The minimum Gasteiger partial charge on any atom is -0.457 e. The highest BCUT2D eigenvalue weighted by Gasteiger charge is 2.43. The Labute approximate surface area is 675 Å². The lowest BCUT2D eigenvalue weighted by Gasteiger charge is -2.21. The fraction of sp³-hybridized carbons (Fsp3) is 0.0938. The van der Waals surface area contributed by atoms with Gasteiger partial charge in [-0.25, -0.2) is 28.8 Å². The summed E-state index contributed by atoms with van der Waals surface area (Å²) in [5.41, 5.74) is 1.56. The van der Waals surface area contributed by atoms with Gasteiger partial charge in [0.25, 0.3) is 0 Å². The molecule has 0 aromatic heterocycles. The lowest BCUT2D eigenvalue weighted by Crippen LogP contribution is -2.24. The molecule has 0 saturated carbocycles. The Morgan fingerprint density at radius 1 is 0.231 bits per heavy atom. The molecule has 21 heteroatoms. The highest BCUT2D eigenvalue weighted by molar-refractivity contribution is 7.94. The topological polar surface area (TPSA) is 260 Å². The Morgan fingerprint density at radius 3 is 0.624 bits per heavy atom. The van der Waals surface area contributed by atoms with Crippen molar-refractivity contribution >= 4 is 106 Å². The molecule has 0 saturated heterocycles. The number of esters is 6. The third-order valence-electron chi connectivity index (χ3n) is 19.5. The molecular formula is C96H75O18P3. The van der Waals surface area contributed by atoms with E-state index in [4.69, 9.17) is 28.4 Å². The van der Waals surface area contributed by atoms with Crippen molar-refractivity contribution in [2.45, 2.75) is 61.4 Å². The predicted octanol–water partition coefficient (Wildman–Crippen LogP) is 17.7. The number of rotatable bonds is 27. The maximum Gasteiger partial charge on any atom is 0.343 e. The zero-order valence-corrected chi connectivity index (χ0v) is 66.9. The second-order valence-electron chi connectivity index (χ2n) is 27.9. The average Bonchev–Trinajstić information content (AvgIpc) is 0.761. The fourth-order valence-electron chi connectivity index (χ4n) is 13.7. The molecule has 0 amide bonds. The van der Waals surface area contributed by atoms with E-state index in [0.717, 1.165) is 18.2 Å². The maximum atomic E-state index is 15.2. The van der Waals surface area contributed by atoms with Crippen LogP contribution in [-0.2, 0) is 47.7 Å². The van der Waals surface area contributed by atoms with Gasteiger partial charge in [0.05, 0.1) is 50.1 Å². The fourth-order valence-corrected chi connectivity index (χ4v) is 21.3. The Hall–Kier alpha value is -13.6. The van der Waals surface area contributed by atoms with Crippen molar-refractivity contribution in [3.8, 4) is 17.2 Å². The highest BCUT2D eigenvalue weighted by atomic mass is 31.2. The van der Waals surface area contributed by atoms with Gasteiger partial charge in [0.1, 0.15) is 37.1 Å². The van der Waals surface area contributed by atoms with Crippen LogP contribution in [0.15, 0.2) is 309 Å². The van der Waals surface area contributed by atoms with E-state index in [-0.39, 0.29) is 87.1 Å². The first kappa shape index (κ1) is 81.4. The maximum absolute atomic E-state index is 15.2. The SMILES string of the molecule is Cc1cc(C)c(C(=O)P(=O)(c2ccccc2)c2ccccc2)c(OC(=O)c2ccc(COC(=O)c3cc(C(=O)OCc4ccc(C(=O)Oc5cc(C)cc(C)c5C(=O)P(=O)(c5ccccc5)c5ccccc5)cc4)cc(C(=O)OCc4ccc(C(=O)Oc5cc(C)cc(C)c5C(=O)P(=O)(c5ccccc5)c5ccccc5)cc4)c3)cc2)c1. The molecule has 0 atom stereocenters. The van der Waals surface area contributed by atoms with Gasteiger partial charge in [-0.1, -0.05) is 237 Å². The largest absolute Gasteiger partial charge is 0.457 e. The normalized spacial score (nSPS) is 11.3. The van der Waals surface area contributed by atoms with Crippen LogP contribution < -0.4 is 46.0 Å². The van der Waals surface area contributed by atoms with Gasteiger partial charge in [-0.2, -0.15) is 0 Å². The van der Waals surface area contributed by atoms with Crippen molar-refractivity contribution in [2.75, 3.05) is 0 Å². The summed E-state index contributed by atoms with van der Waals surface area (Å²) in [4.78, 5) is 129. The molecule has 117 heavy (non-hydrogen) atoms. The first-order valence-electron chi connectivity index (χ1n) is 37.0. The molecule has 13 aromatic carbocycles. The Balaban J connectivity index is 0.717. The number of carbonyl (C=O) groups excluding carboxylic acids is 9. The Bertz CT molecular complexity index is 5440. The van der Waals surface area contributed by atoms with Crippen molar-refractivity contribution in [1.29, 1.82) is 0 Å². The summed E-state index contributed by atoms with van der Waals surface area (Å²) in [6.45, 7) is 9.17. The van der Waals surface area contributed by atoms with Gasteiger partial charge in [0, 0.05) is 31.8 Å². The van der Waals surface area contributed by atoms with E-state index in [1.807, 2.05) is 0 Å². The molecule has 13 aromatic rings. The van der Waals surface area contributed by atoms with Gasteiger partial charge < -0.3 is 42.1 Å². The van der Waals surface area contributed by atoms with Gasteiger partial charge in [-0.05, 0) is 164 Å². The zero-order valence-electron chi connectivity index (χ0n) is 64.3. The third kappa shape index (κ3) is 17.7. The Kier molecular flexibility index (Phi) is 24.6. The first-order valence-corrected chi connectivity index (χ1v) is 42.2. The van der Waals surface area contributed by atoms with Gasteiger partial charge in [-0.3, -0.25) is 14.4 Å². The summed E-state index contributed by atoms with van der Waals surface area (Å²) in [6.07, 6.45) is 0. The molecule has 0 aliphatic heterocycles. The molecule has 0 aliphatic rings. The van der Waals surface area contributed by atoms with Crippen LogP contribution in [0.5, 0.6) is 17.2 Å². The number of ether oxygens (including phenoxy) is 6. The molecule has 0 spiro atoms. The minimum absolute atomic E-state index is 0.0261. The summed E-state index contributed by atoms with van der Waals surface area (Å²) >= 11 is 0. The zero-order chi connectivity index (χ0) is 82.7. The van der Waals surface area contributed by atoms with Gasteiger partial charge >= 0.3 is 35.8 Å². The molecule has 0 unspecified atom stereocenters. The van der Waals surface area contributed by atoms with Crippen molar-refractivity contribution in [3.05, 3.63) is 410 Å². The van der Waals surface area contributed by atoms with E-state index in [2.05, 4.69) is 0 Å². The standard InChI is InChI=1S/C96H75O18P3/c1-61-49-64(4)85(94(103)115(106,76-25-13-7-14-26-76)77-27-15-8-16-28-77)82(52-61)112-91(100)70-43-37-67(38-44-70)58-109-88(97)73-55-74(89(98)110-59-68-39-45-71(46-40-68)92(101)113-83-53-62(2)50-65(5)86(83)95(104)116(107,78-29-17-9-18-30-78)79-31-19-10-20-32-79)57-75(56-73)90(99)111-60-69-41-47-72(48-42-69)93(102)114-84-54-63(3)51-66(6)87(84)96(105)117(108,80-33-21-11-22-34-80)81-35-23-12-24-36-81/h7-57H,58-60H2,1-6H3. The van der Waals surface area contributed by atoms with Crippen molar-refractivity contribution in [2.24, 2.45) is 0 Å². The number of hydrogen-bond donors (Lipinski definition) is 0. The van der Waals surface area contributed by atoms with Crippen molar-refractivity contribution in [1.82, 2.24) is 0 Å². The van der Waals surface area contributed by atoms with Gasteiger partial charge in [0.15, 0.2) is 0 Å². The van der Waals surface area contributed by atoms with Crippen LogP contribution >= 0.6 is 21.4 Å². The molecule has 0 fully saturated rings. The van der Waals surface area contributed by atoms with Crippen LogP contribution in [0.3, 0.4) is 0 Å². The molecule has 13 rings (SSSR count). The second kappa shape index (κ2) is 35.4. The highest BCUT2D eigenvalue weighted by Crippen LogP contribution is 2.52. The average molecular weight is 1610 g/mol. The molecule has 18 nitrogen and oxygen atoms in total. The number of carbonyl (C=O) groups is 9. The number of benzene rings is 13. The molecule has 582 valence electrons. The van der Waals surface area contributed by atoms with Crippen LogP contribution in [-0.4, -0.2) is 52.4 Å². The monoisotopic (exact) mass is 1610 g/mol. The van der Waals surface area contributed by atoms with E-state index >= 15 is 13.7 Å². The number of hydrogen-bond acceptors (Lipinski definition) is 18. The first-order chi connectivity index (χ1) is 56.3. The predicted molar refractivity (Wildman–Crippen MR) is 448 cm³/mol. The van der Waals surface area contributed by atoms with Crippen molar-refractivity contribution in [3.63, 3.8) is 0 Å². The van der Waals surface area contributed by atoms with Crippen LogP contribution in [0.25, 0.3) is 0 Å². The lowest BCUT2D eigenvalue weighted by molar-refractivity contribution is 0.0463. The van der Waals surface area contributed by atoms with Crippen LogP contribution in [0.2, 0.25) is 0 Å². The quantitative estimate of drug-likeness (QED) is 0.0200. The number of aryl methyl sites for hydroxylation is 6. The second-order valence-corrected chi connectivity index (χ2v) is 35.9. The summed E-state index contributed by atoms with van der Waals surface area (Å²) in [7, 11) is -12.1. The molecule has 0 bridgehead atoms. The lowest BCUT2D eigenvalue weighted by atomic mass is 10.0. The molecule has 0 heterocycles. The Morgan fingerprint density at radius 2 is 0.427 bits per heavy atom. The van der Waals surface area contributed by atoms with E-state index in [9.17, 15) is 43.2 Å². The molecule has 0 radical (unpaired) electrons. The molecular weight excluding hydrogens is 1530 g/mol. The van der Waals surface area contributed by atoms with E-state index in [1.54, 1.807) is 242 Å². The van der Waals surface area contributed by atoms with Crippen LogP contribution in [0.4, 0.5) is 0 Å². The van der Waals surface area contributed by atoms with Crippen LogP contribution in [0, 0.1) is 41.5 Å². The van der Waals surface area contributed by atoms with Gasteiger partial charge in [0.2, 0.25) is 38.0 Å². The van der Waals surface area contributed by atoms with E-state index in [1.165, 1.54) is 91.0 Å². The third-order valence-corrected chi connectivity index (χ3v) is 28.0. The van der Waals surface area contributed by atoms with Gasteiger partial charge in [-0.15, -0.1) is 0 Å². The summed E-state index contributed by atoms with van der Waals surface area (Å²) < 4.78 is 80.9.